The van der Waals surface area contributed by atoms with Crippen molar-refractivity contribution in [2.24, 2.45) is 5.73 Å². The highest BCUT2D eigenvalue weighted by molar-refractivity contribution is 5.13. The van der Waals surface area contributed by atoms with Crippen molar-refractivity contribution in [1.82, 2.24) is 9.88 Å². The first-order chi connectivity index (χ1) is 5.70. The maximum atomic E-state index is 5.91. The zero-order valence-corrected chi connectivity index (χ0v) is 7.57. The van der Waals surface area contributed by atoms with Gasteiger partial charge < -0.3 is 10.6 Å². The van der Waals surface area contributed by atoms with Crippen LogP contribution in [0.15, 0.2) is 24.5 Å². The molecule has 1 unspecified atom stereocenters. The molecule has 1 aromatic heterocycles. The molecule has 1 rings (SSSR count). The SMILES string of the molecule is CN(C)CC(N)c1cccnc1. The smallest absolute Gasteiger partial charge is 0.0439 e. The van der Waals surface area contributed by atoms with Crippen LogP contribution < -0.4 is 5.73 Å². The van der Waals surface area contributed by atoms with Gasteiger partial charge in [-0.1, -0.05) is 6.07 Å². The van der Waals surface area contributed by atoms with Crippen molar-refractivity contribution in [2.75, 3.05) is 20.6 Å². The summed E-state index contributed by atoms with van der Waals surface area (Å²) in [4.78, 5) is 6.08. The van der Waals surface area contributed by atoms with E-state index >= 15 is 0 Å². The van der Waals surface area contributed by atoms with Gasteiger partial charge in [0.15, 0.2) is 0 Å². The molecule has 0 fully saturated rings. The van der Waals surface area contributed by atoms with Crippen LogP contribution in [0.1, 0.15) is 11.6 Å². The summed E-state index contributed by atoms with van der Waals surface area (Å²) in [5, 5.41) is 0. The fraction of sp³-hybridized carbons (Fsp3) is 0.444. The number of aromatic nitrogens is 1. The molecule has 3 nitrogen and oxygen atoms in total. The number of hydrogen-bond donors (Lipinski definition) is 1. The molecule has 0 bridgehead atoms. The first-order valence-electron chi connectivity index (χ1n) is 4.00. The van der Waals surface area contributed by atoms with Crippen LogP contribution in [-0.4, -0.2) is 30.5 Å². The summed E-state index contributed by atoms with van der Waals surface area (Å²) in [5.74, 6) is 0. The van der Waals surface area contributed by atoms with E-state index in [1.165, 1.54) is 0 Å². The number of pyridine rings is 1. The van der Waals surface area contributed by atoms with E-state index < -0.39 is 0 Å². The van der Waals surface area contributed by atoms with Gasteiger partial charge in [0, 0.05) is 25.0 Å². The molecular formula is C9H15N3. The van der Waals surface area contributed by atoms with Crippen LogP contribution in [0.4, 0.5) is 0 Å². The van der Waals surface area contributed by atoms with Crippen LogP contribution in [0.5, 0.6) is 0 Å². The molecule has 0 radical (unpaired) electrons. The second kappa shape index (κ2) is 4.18. The van der Waals surface area contributed by atoms with E-state index in [2.05, 4.69) is 9.88 Å². The maximum Gasteiger partial charge on any atom is 0.0439 e. The third-order valence-electron chi connectivity index (χ3n) is 1.67. The zero-order valence-electron chi connectivity index (χ0n) is 7.57. The largest absolute Gasteiger partial charge is 0.323 e. The highest BCUT2D eigenvalue weighted by Crippen LogP contribution is 2.07. The van der Waals surface area contributed by atoms with Gasteiger partial charge in [0.25, 0.3) is 0 Å². The Morgan fingerprint density at radius 1 is 1.58 bits per heavy atom. The molecule has 0 aliphatic heterocycles. The lowest BCUT2D eigenvalue weighted by Crippen LogP contribution is -2.25. The highest BCUT2D eigenvalue weighted by Gasteiger charge is 2.05. The normalized spacial score (nSPS) is 13.3. The third-order valence-corrected chi connectivity index (χ3v) is 1.67. The van der Waals surface area contributed by atoms with Gasteiger partial charge in [0.2, 0.25) is 0 Å². The van der Waals surface area contributed by atoms with Crippen LogP contribution in [-0.2, 0) is 0 Å². The summed E-state index contributed by atoms with van der Waals surface area (Å²) in [7, 11) is 4.02. The number of hydrogen-bond acceptors (Lipinski definition) is 3. The van der Waals surface area contributed by atoms with Gasteiger partial charge >= 0.3 is 0 Å². The lowest BCUT2D eigenvalue weighted by atomic mass is 10.1. The standard InChI is InChI=1S/C9H15N3/c1-12(2)7-9(10)8-4-3-5-11-6-8/h3-6,9H,7,10H2,1-2H3. The van der Waals surface area contributed by atoms with Crippen LogP contribution in [0.2, 0.25) is 0 Å². The summed E-state index contributed by atoms with van der Waals surface area (Å²) >= 11 is 0. The van der Waals surface area contributed by atoms with Crippen LogP contribution in [0.3, 0.4) is 0 Å². The van der Waals surface area contributed by atoms with E-state index in [1.807, 2.05) is 32.4 Å². The average molecular weight is 165 g/mol. The van der Waals surface area contributed by atoms with Gasteiger partial charge in [0.1, 0.15) is 0 Å². The topological polar surface area (TPSA) is 42.1 Å². The zero-order chi connectivity index (χ0) is 8.97. The molecule has 1 heterocycles. The lowest BCUT2D eigenvalue weighted by molar-refractivity contribution is 0.376. The lowest BCUT2D eigenvalue weighted by Gasteiger charge is -2.16. The molecule has 12 heavy (non-hydrogen) atoms. The quantitative estimate of drug-likeness (QED) is 0.714. The van der Waals surface area contributed by atoms with Crippen LogP contribution >= 0.6 is 0 Å². The summed E-state index contributed by atoms with van der Waals surface area (Å²) in [6.07, 6.45) is 3.57. The Bertz CT molecular complexity index is 220. The number of rotatable bonds is 3. The van der Waals surface area contributed by atoms with Crippen molar-refractivity contribution >= 4 is 0 Å². The minimum absolute atomic E-state index is 0.0636. The van der Waals surface area contributed by atoms with E-state index in [-0.39, 0.29) is 6.04 Å². The first kappa shape index (κ1) is 9.16. The summed E-state index contributed by atoms with van der Waals surface area (Å²) < 4.78 is 0. The van der Waals surface area contributed by atoms with E-state index in [9.17, 15) is 0 Å². The number of nitrogens with two attached hydrogens (primary N) is 1. The Morgan fingerprint density at radius 2 is 2.33 bits per heavy atom. The monoisotopic (exact) mass is 165 g/mol. The number of likely N-dealkylation sites (N-methyl/N-ethyl adjacent to an activating group) is 1. The van der Waals surface area contributed by atoms with Crippen LogP contribution in [0.25, 0.3) is 0 Å². The van der Waals surface area contributed by atoms with Crippen molar-refractivity contribution in [3.63, 3.8) is 0 Å². The van der Waals surface area contributed by atoms with Crippen molar-refractivity contribution in [2.45, 2.75) is 6.04 Å². The van der Waals surface area contributed by atoms with Crippen molar-refractivity contribution < 1.29 is 0 Å². The molecule has 0 spiro atoms. The summed E-state index contributed by atoms with van der Waals surface area (Å²) in [6, 6.07) is 3.97. The predicted molar refractivity (Wildman–Crippen MR) is 49.7 cm³/mol. The van der Waals surface area contributed by atoms with Gasteiger partial charge in [-0.2, -0.15) is 0 Å². The molecule has 1 atom stereocenters. The van der Waals surface area contributed by atoms with Gasteiger partial charge in [-0.25, -0.2) is 0 Å². The molecule has 3 heteroatoms. The van der Waals surface area contributed by atoms with E-state index in [0.29, 0.717) is 0 Å². The second-order valence-electron chi connectivity index (χ2n) is 3.16. The molecule has 0 saturated heterocycles. The maximum absolute atomic E-state index is 5.91. The van der Waals surface area contributed by atoms with Crippen molar-refractivity contribution in [3.8, 4) is 0 Å². The number of nitrogens with zero attached hydrogens (tertiary/aromatic N) is 2. The predicted octanol–water partition coefficient (Wildman–Crippen LogP) is 0.643. The van der Waals surface area contributed by atoms with E-state index in [0.717, 1.165) is 12.1 Å². The first-order valence-corrected chi connectivity index (χ1v) is 4.00. The average Bonchev–Trinajstić information content (AvgIpc) is 2.05. The van der Waals surface area contributed by atoms with Crippen molar-refractivity contribution in [1.29, 1.82) is 0 Å². The third kappa shape index (κ3) is 2.60. The van der Waals surface area contributed by atoms with E-state index in [4.69, 9.17) is 5.73 Å². The Balaban J connectivity index is 2.59. The molecule has 0 saturated carbocycles. The van der Waals surface area contributed by atoms with Gasteiger partial charge in [-0.3, -0.25) is 4.98 Å². The Morgan fingerprint density at radius 3 is 2.83 bits per heavy atom. The second-order valence-corrected chi connectivity index (χ2v) is 3.16. The molecule has 0 aromatic carbocycles. The minimum Gasteiger partial charge on any atom is -0.323 e. The molecule has 0 amide bonds. The minimum atomic E-state index is 0.0636. The van der Waals surface area contributed by atoms with Crippen LogP contribution in [0, 0.1) is 0 Å². The van der Waals surface area contributed by atoms with Crippen molar-refractivity contribution in [3.05, 3.63) is 30.1 Å². The molecule has 0 aliphatic rings. The summed E-state index contributed by atoms with van der Waals surface area (Å²) in [6.45, 7) is 0.853. The highest BCUT2D eigenvalue weighted by atomic mass is 15.1. The molecule has 2 N–H and O–H groups in total. The van der Waals surface area contributed by atoms with Gasteiger partial charge in [-0.05, 0) is 25.7 Å². The fourth-order valence-corrected chi connectivity index (χ4v) is 1.09. The molecule has 66 valence electrons. The van der Waals surface area contributed by atoms with Gasteiger partial charge in [-0.15, -0.1) is 0 Å². The van der Waals surface area contributed by atoms with Gasteiger partial charge in [0.05, 0.1) is 0 Å². The Labute approximate surface area is 73.2 Å². The molecule has 1 aromatic rings. The molecular weight excluding hydrogens is 150 g/mol. The molecule has 0 aliphatic carbocycles. The Hall–Kier alpha value is -0.930. The van der Waals surface area contributed by atoms with E-state index in [1.54, 1.807) is 6.20 Å². The fourth-order valence-electron chi connectivity index (χ4n) is 1.09. The Kier molecular flexibility index (Phi) is 3.19. The summed E-state index contributed by atoms with van der Waals surface area (Å²) in [5.41, 5.74) is 7.00.